The highest BCUT2D eigenvalue weighted by molar-refractivity contribution is 7.13. The van der Waals surface area contributed by atoms with Crippen molar-refractivity contribution in [2.75, 3.05) is 12.0 Å². The van der Waals surface area contributed by atoms with E-state index in [-0.39, 0.29) is 5.88 Å². The van der Waals surface area contributed by atoms with Gasteiger partial charge in [-0.25, -0.2) is 9.97 Å². The number of pyridine rings is 1. The first kappa shape index (κ1) is 21.4. The molecule has 0 atom stereocenters. The van der Waals surface area contributed by atoms with Gasteiger partial charge < -0.3 is 4.74 Å². The fourth-order valence-corrected chi connectivity index (χ4v) is 3.41. The van der Waals surface area contributed by atoms with Crippen molar-refractivity contribution in [2.24, 2.45) is 5.10 Å². The number of alkyl halides is 3. The van der Waals surface area contributed by atoms with Gasteiger partial charge in [0.25, 0.3) is 0 Å². The van der Waals surface area contributed by atoms with Gasteiger partial charge in [0.05, 0.1) is 22.1 Å². The molecule has 5 nitrogen and oxygen atoms in total. The van der Waals surface area contributed by atoms with Crippen molar-refractivity contribution in [1.82, 2.24) is 9.97 Å². The van der Waals surface area contributed by atoms with Crippen LogP contribution < -0.4 is 10.2 Å². The van der Waals surface area contributed by atoms with Gasteiger partial charge in [-0.2, -0.15) is 18.3 Å². The number of hydrogen-bond donors (Lipinski definition) is 1. The van der Waals surface area contributed by atoms with E-state index in [1.54, 1.807) is 31.2 Å². The Hall–Kier alpha value is -2.36. The van der Waals surface area contributed by atoms with E-state index in [1.807, 2.05) is 5.38 Å². The second-order valence-electron chi connectivity index (χ2n) is 5.76. The number of ether oxygens (including phenoxy) is 1. The molecule has 1 aromatic carbocycles. The number of nitrogens with one attached hydrogen (secondary N) is 1. The molecule has 29 heavy (non-hydrogen) atoms. The number of anilines is 1. The third kappa shape index (κ3) is 6.06. The Balaban J connectivity index is 1.68. The molecule has 0 aliphatic heterocycles. The smallest absolute Gasteiger partial charge is 0.422 e. The molecule has 0 bridgehead atoms. The monoisotopic (exact) mass is 460 g/mol. The highest BCUT2D eigenvalue weighted by Crippen LogP contribution is 2.27. The van der Waals surface area contributed by atoms with Gasteiger partial charge in [-0.15, -0.1) is 11.3 Å². The topological polar surface area (TPSA) is 59.4 Å². The first-order valence-electron chi connectivity index (χ1n) is 8.08. The van der Waals surface area contributed by atoms with Gasteiger partial charge in [-0.1, -0.05) is 23.2 Å². The Bertz CT molecular complexity index is 1020. The molecule has 11 heteroatoms. The van der Waals surface area contributed by atoms with Crippen LogP contribution in [0.5, 0.6) is 5.88 Å². The Morgan fingerprint density at radius 2 is 2.03 bits per heavy atom. The van der Waals surface area contributed by atoms with Gasteiger partial charge in [0.15, 0.2) is 6.61 Å². The maximum Gasteiger partial charge on any atom is 0.422 e. The van der Waals surface area contributed by atoms with Crippen LogP contribution in [0, 0.1) is 0 Å². The van der Waals surface area contributed by atoms with Crippen molar-refractivity contribution >= 4 is 45.9 Å². The van der Waals surface area contributed by atoms with E-state index in [0.29, 0.717) is 37.7 Å². The maximum atomic E-state index is 12.2. The summed E-state index contributed by atoms with van der Waals surface area (Å²) in [6, 6.07) is 7.97. The molecule has 0 aliphatic carbocycles. The Labute approximate surface area is 178 Å². The maximum absolute atomic E-state index is 12.2. The molecular weight excluding hydrogens is 448 g/mol. The summed E-state index contributed by atoms with van der Waals surface area (Å²) in [5.74, 6) is -0.107. The fraction of sp³-hybridized carbons (Fsp3) is 0.167. The minimum atomic E-state index is -4.41. The van der Waals surface area contributed by atoms with Crippen molar-refractivity contribution in [3.63, 3.8) is 0 Å². The summed E-state index contributed by atoms with van der Waals surface area (Å²) in [4.78, 5) is 8.36. The SMILES string of the molecule is C/C(=N/Nc1ccc(Cl)cc1Cl)c1csc(-c2ccc(OCC(F)(F)F)nc2)n1. The molecule has 0 amide bonds. The highest BCUT2D eigenvalue weighted by atomic mass is 35.5. The minimum Gasteiger partial charge on any atom is -0.468 e. The minimum absolute atomic E-state index is 0.107. The molecule has 0 unspecified atom stereocenters. The molecule has 3 rings (SSSR count). The van der Waals surface area contributed by atoms with Crippen LogP contribution in [0.15, 0.2) is 47.0 Å². The lowest BCUT2D eigenvalue weighted by atomic mass is 10.3. The molecule has 0 saturated carbocycles. The van der Waals surface area contributed by atoms with E-state index in [0.717, 1.165) is 0 Å². The standard InChI is InChI=1S/C18H13Cl2F3N4OS/c1-10(26-27-14-4-3-12(19)6-13(14)20)15-8-29-17(25-15)11-2-5-16(24-7-11)28-9-18(21,22)23/h2-8,27H,9H2,1H3/b26-10-. The zero-order valence-electron chi connectivity index (χ0n) is 14.8. The molecule has 3 aromatic rings. The lowest BCUT2D eigenvalue weighted by Crippen LogP contribution is -2.19. The van der Waals surface area contributed by atoms with E-state index in [2.05, 4.69) is 25.2 Å². The number of nitrogens with zero attached hydrogens (tertiary/aromatic N) is 3. The van der Waals surface area contributed by atoms with Gasteiger partial charge in [0, 0.05) is 28.2 Å². The van der Waals surface area contributed by atoms with E-state index in [9.17, 15) is 13.2 Å². The molecule has 0 fully saturated rings. The predicted octanol–water partition coefficient (Wildman–Crippen LogP) is 6.29. The zero-order chi connectivity index (χ0) is 21.0. The highest BCUT2D eigenvalue weighted by Gasteiger charge is 2.28. The van der Waals surface area contributed by atoms with Crippen molar-refractivity contribution in [1.29, 1.82) is 0 Å². The average Bonchev–Trinajstić information content (AvgIpc) is 3.15. The van der Waals surface area contributed by atoms with Gasteiger partial charge in [0.2, 0.25) is 5.88 Å². The molecule has 152 valence electrons. The molecule has 1 N–H and O–H groups in total. The average molecular weight is 461 g/mol. The van der Waals surface area contributed by atoms with Crippen molar-refractivity contribution in [3.8, 4) is 16.5 Å². The second-order valence-corrected chi connectivity index (χ2v) is 7.46. The van der Waals surface area contributed by atoms with Crippen molar-refractivity contribution < 1.29 is 17.9 Å². The van der Waals surface area contributed by atoms with Crippen LogP contribution in [0.25, 0.3) is 10.6 Å². The summed E-state index contributed by atoms with van der Waals surface area (Å²) < 4.78 is 41.1. The number of hydrazone groups is 1. The van der Waals surface area contributed by atoms with E-state index in [1.165, 1.54) is 23.6 Å². The third-order valence-electron chi connectivity index (χ3n) is 3.52. The Morgan fingerprint density at radius 3 is 2.69 bits per heavy atom. The number of benzene rings is 1. The number of halogens is 5. The van der Waals surface area contributed by atoms with Gasteiger partial charge in [0.1, 0.15) is 5.01 Å². The first-order valence-corrected chi connectivity index (χ1v) is 9.72. The summed E-state index contributed by atoms with van der Waals surface area (Å²) in [6.45, 7) is 0.392. The summed E-state index contributed by atoms with van der Waals surface area (Å²) in [6.07, 6.45) is -3.00. The van der Waals surface area contributed by atoms with Gasteiger partial charge in [-0.3, -0.25) is 5.43 Å². The predicted molar refractivity (Wildman–Crippen MR) is 109 cm³/mol. The summed E-state index contributed by atoms with van der Waals surface area (Å²) >= 11 is 13.3. The van der Waals surface area contributed by atoms with Crippen LogP contribution in [-0.2, 0) is 0 Å². The molecule has 2 heterocycles. The van der Waals surface area contributed by atoms with Crippen LogP contribution in [-0.4, -0.2) is 28.5 Å². The summed E-state index contributed by atoms with van der Waals surface area (Å²) in [5.41, 5.74) is 5.38. The third-order valence-corrected chi connectivity index (χ3v) is 4.96. The van der Waals surface area contributed by atoms with Crippen LogP contribution in [0.2, 0.25) is 10.0 Å². The number of hydrogen-bond acceptors (Lipinski definition) is 6. The van der Waals surface area contributed by atoms with Crippen LogP contribution in [0.3, 0.4) is 0 Å². The summed E-state index contributed by atoms with van der Waals surface area (Å²) in [7, 11) is 0. The molecule has 0 radical (unpaired) electrons. The molecule has 0 spiro atoms. The molecular formula is C18H13Cl2F3N4OS. The molecule has 2 aromatic heterocycles. The number of thiazole rings is 1. The molecule has 0 aliphatic rings. The van der Waals surface area contributed by atoms with Crippen molar-refractivity contribution in [3.05, 3.63) is 57.6 Å². The van der Waals surface area contributed by atoms with E-state index < -0.39 is 12.8 Å². The number of rotatable bonds is 6. The van der Waals surface area contributed by atoms with E-state index >= 15 is 0 Å². The Morgan fingerprint density at radius 1 is 1.24 bits per heavy atom. The van der Waals surface area contributed by atoms with Gasteiger partial charge >= 0.3 is 6.18 Å². The van der Waals surface area contributed by atoms with Crippen molar-refractivity contribution in [2.45, 2.75) is 13.1 Å². The van der Waals surface area contributed by atoms with Crippen LogP contribution in [0.1, 0.15) is 12.6 Å². The van der Waals surface area contributed by atoms with Crippen LogP contribution >= 0.6 is 34.5 Å². The summed E-state index contributed by atoms with van der Waals surface area (Å²) in [5, 5.41) is 7.68. The zero-order valence-corrected chi connectivity index (χ0v) is 17.1. The van der Waals surface area contributed by atoms with E-state index in [4.69, 9.17) is 23.2 Å². The Kier molecular flexibility index (Phi) is 6.61. The molecule has 0 saturated heterocycles. The number of aromatic nitrogens is 2. The fourth-order valence-electron chi connectivity index (χ4n) is 2.10. The quantitative estimate of drug-likeness (QED) is 0.346. The second kappa shape index (κ2) is 8.98. The van der Waals surface area contributed by atoms with Gasteiger partial charge in [-0.05, 0) is 31.2 Å². The lowest BCUT2D eigenvalue weighted by molar-refractivity contribution is -0.154. The van der Waals surface area contributed by atoms with Crippen LogP contribution in [0.4, 0.5) is 18.9 Å². The largest absolute Gasteiger partial charge is 0.468 e. The first-order chi connectivity index (χ1) is 13.7. The lowest BCUT2D eigenvalue weighted by Gasteiger charge is -2.08. The normalized spacial score (nSPS) is 12.1.